The number of methoxy groups -OCH3 is 1. The van der Waals surface area contributed by atoms with Crippen LogP contribution in [0.1, 0.15) is 33.1 Å². The van der Waals surface area contributed by atoms with E-state index in [0.29, 0.717) is 23.8 Å². The number of hydrogen-bond acceptors (Lipinski definition) is 5. The van der Waals surface area contributed by atoms with Crippen LogP contribution < -0.4 is 10.1 Å². The van der Waals surface area contributed by atoms with Crippen molar-refractivity contribution < 1.29 is 9.53 Å². The highest BCUT2D eigenvalue weighted by Gasteiger charge is 2.10. The van der Waals surface area contributed by atoms with Gasteiger partial charge in [-0.15, -0.1) is 0 Å². The molecule has 8 heteroatoms. The normalized spacial score (nSPS) is 10.8. The third-order valence-electron chi connectivity index (χ3n) is 4.92. The Kier molecular flexibility index (Phi) is 5.79. The number of nitrogens with zero attached hydrogens (tertiary/aromatic N) is 4. The van der Waals surface area contributed by atoms with Crippen molar-refractivity contribution in [3.63, 3.8) is 0 Å². The maximum absolute atomic E-state index is 12.6. The number of nitrogens with one attached hydrogen (secondary N) is 2. The average molecular weight is 416 g/mol. The van der Waals surface area contributed by atoms with E-state index in [1.54, 1.807) is 13.2 Å². The van der Waals surface area contributed by atoms with Crippen molar-refractivity contribution in [1.82, 2.24) is 30.3 Å². The molecular formula is C23H24N6O2. The Bertz CT molecular complexity index is 1190. The fraction of sp³-hybridized carbons (Fsp3) is 0.217. The fourth-order valence-electron chi connectivity index (χ4n) is 3.33. The van der Waals surface area contributed by atoms with E-state index in [9.17, 15) is 4.79 Å². The summed E-state index contributed by atoms with van der Waals surface area (Å²) in [6.07, 6.45) is 0. The van der Waals surface area contributed by atoms with E-state index in [1.165, 1.54) is 0 Å². The summed E-state index contributed by atoms with van der Waals surface area (Å²) in [5.41, 5.74) is 4.54. The Morgan fingerprint density at radius 2 is 1.94 bits per heavy atom. The molecular weight excluding hydrogens is 392 g/mol. The Morgan fingerprint density at radius 1 is 1.13 bits per heavy atom. The summed E-state index contributed by atoms with van der Waals surface area (Å²) in [7, 11) is 1.62. The van der Waals surface area contributed by atoms with Crippen LogP contribution in [0, 0.1) is 13.8 Å². The second-order valence-electron chi connectivity index (χ2n) is 7.30. The number of H-pyrrole nitrogens is 1. The van der Waals surface area contributed by atoms with Gasteiger partial charge in [-0.05, 0) is 61.9 Å². The molecule has 0 aliphatic carbocycles. The van der Waals surface area contributed by atoms with Gasteiger partial charge >= 0.3 is 0 Å². The molecule has 0 bridgehead atoms. The van der Waals surface area contributed by atoms with Gasteiger partial charge in [0, 0.05) is 16.8 Å². The van der Waals surface area contributed by atoms with E-state index in [1.807, 2.05) is 67.1 Å². The van der Waals surface area contributed by atoms with Gasteiger partial charge in [-0.25, -0.2) is 4.98 Å². The molecule has 4 aromatic rings. The highest BCUT2D eigenvalue weighted by atomic mass is 16.5. The first-order valence-electron chi connectivity index (χ1n) is 9.96. The van der Waals surface area contributed by atoms with Gasteiger partial charge in [-0.2, -0.15) is 10.2 Å². The van der Waals surface area contributed by atoms with E-state index in [4.69, 9.17) is 4.74 Å². The SMILES string of the molecule is COc1ccc(-c2n[nH]c(CNC(=O)c3cccc(Cn4nc(C)cc4C)c3)n2)cc1. The second-order valence-corrected chi connectivity index (χ2v) is 7.30. The predicted octanol–water partition coefficient (Wildman–Crippen LogP) is 3.27. The van der Waals surface area contributed by atoms with Crippen LogP contribution in [-0.2, 0) is 13.1 Å². The quantitative estimate of drug-likeness (QED) is 0.482. The summed E-state index contributed by atoms with van der Waals surface area (Å²) < 4.78 is 7.10. The van der Waals surface area contributed by atoms with Gasteiger partial charge in [0.2, 0.25) is 0 Å². The Hall–Kier alpha value is -3.94. The van der Waals surface area contributed by atoms with Gasteiger partial charge in [0.05, 0.1) is 25.9 Å². The van der Waals surface area contributed by atoms with Crippen LogP contribution >= 0.6 is 0 Å². The lowest BCUT2D eigenvalue weighted by molar-refractivity contribution is 0.0950. The zero-order chi connectivity index (χ0) is 21.8. The largest absolute Gasteiger partial charge is 0.497 e. The zero-order valence-electron chi connectivity index (χ0n) is 17.7. The summed E-state index contributed by atoms with van der Waals surface area (Å²) >= 11 is 0. The molecule has 1 amide bonds. The number of benzene rings is 2. The van der Waals surface area contributed by atoms with Crippen LogP contribution in [0.25, 0.3) is 11.4 Å². The smallest absolute Gasteiger partial charge is 0.251 e. The number of aryl methyl sites for hydroxylation is 2. The number of amides is 1. The molecule has 2 aromatic carbocycles. The number of rotatable bonds is 7. The van der Waals surface area contributed by atoms with Crippen molar-refractivity contribution >= 4 is 5.91 Å². The fourth-order valence-corrected chi connectivity index (χ4v) is 3.33. The van der Waals surface area contributed by atoms with E-state index in [2.05, 4.69) is 25.6 Å². The van der Waals surface area contributed by atoms with Gasteiger partial charge in [-0.3, -0.25) is 14.6 Å². The first-order chi connectivity index (χ1) is 15.0. The van der Waals surface area contributed by atoms with Gasteiger partial charge in [0.1, 0.15) is 11.6 Å². The van der Waals surface area contributed by atoms with E-state index in [0.717, 1.165) is 28.3 Å². The van der Waals surface area contributed by atoms with Crippen molar-refractivity contribution in [3.05, 3.63) is 82.9 Å². The van der Waals surface area contributed by atoms with Gasteiger partial charge in [0.15, 0.2) is 5.82 Å². The molecule has 158 valence electrons. The van der Waals surface area contributed by atoms with Gasteiger partial charge in [-0.1, -0.05) is 12.1 Å². The second kappa shape index (κ2) is 8.83. The summed E-state index contributed by atoms with van der Waals surface area (Å²) in [6.45, 7) is 4.86. The Balaban J connectivity index is 1.39. The first kappa shape index (κ1) is 20.3. The Labute approximate surface area is 180 Å². The van der Waals surface area contributed by atoms with E-state index < -0.39 is 0 Å². The number of carbonyl (C=O) groups is 1. The minimum absolute atomic E-state index is 0.169. The lowest BCUT2D eigenvalue weighted by Gasteiger charge is -2.08. The molecule has 0 saturated heterocycles. The molecule has 2 N–H and O–H groups in total. The number of carbonyl (C=O) groups excluding carboxylic acids is 1. The van der Waals surface area contributed by atoms with Crippen molar-refractivity contribution in [3.8, 4) is 17.1 Å². The number of aromatic nitrogens is 5. The molecule has 0 atom stereocenters. The highest BCUT2D eigenvalue weighted by molar-refractivity contribution is 5.94. The molecule has 2 heterocycles. The molecule has 0 aliphatic rings. The van der Waals surface area contributed by atoms with Crippen LogP contribution in [0.5, 0.6) is 5.75 Å². The maximum atomic E-state index is 12.6. The van der Waals surface area contributed by atoms with Crippen LogP contribution in [0.15, 0.2) is 54.6 Å². The van der Waals surface area contributed by atoms with Gasteiger partial charge < -0.3 is 10.1 Å². The Morgan fingerprint density at radius 3 is 2.65 bits per heavy atom. The van der Waals surface area contributed by atoms with E-state index in [-0.39, 0.29) is 12.5 Å². The predicted molar refractivity (Wildman–Crippen MR) is 117 cm³/mol. The van der Waals surface area contributed by atoms with Crippen molar-refractivity contribution in [2.75, 3.05) is 7.11 Å². The van der Waals surface area contributed by atoms with Crippen molar-refractivity contribution in [1.29, 1.82) is 0 Å². The third-order valence-corrected chi connectivity index (χ3v) is 4.92. The van der Waals surface area contributed by atoms with Crippen LogP contribution in [0.3, 0.4) is 0 Å². The standard InChI is InChI=1S/C23H24N6O2/c1-15-11-16(2)29(28-15)14-17-5-4-6-19(12-17)23(30)24-13-21-25-22(27-26-21)18-7-9-20(31-3)10-8-18/h4-12H,13-14H2,1-3H3,(H,24,30)(H,25,26,27). The number of ether oxygens (including phenoxy) is 1. The van der Waals surface area contributed by atoms with Crippen molar-refractivity contribution in [2.45, 2.75) is 26.9 Å². The highest BCUT2D eigenvalue weighted by Crippen LogP contribution is 2.19. The molecule has 0 saturated carbocycles. The third kappa shape index (κ3) is 4.80. The summed E-state index contributed by atoms with van der Waals surface area (Å²) in [4.78, 5) is 17.1. The molecule has 31 heavy (non-hydrogen) atoms. The first-order valence-corrected chi connectivity index (χ1v) is 9.96. The van der Waals surface area contributed by atoms with E-state index >= 15 is 0 Å². The topological polar surface area (TPSA) is 97.7 Å². The molecule has 0 unspecified atom stereocenters. The minimum atomic E-state index is -0.169. The van der Waals surface area contributed by atoms with Crippen molar-refractivity contribution in [2.24, 2.45) is 0 Å². The molecule has 0 fully saturated rings. The number of aromatic amines is 1. The van der Waals surface area contributed by atoms with Gasteiger partial charge in [0.25, 0.3) is 5.91 Å². The maximum Gasteiger partial charge on any atom is 0.251 e. The van der Waals surface area contributed by atoms with Crippen LogP contribution in [0.4, 0.5) is 0 Å². The van der Waals surface area contributed by atoms with Crippen LogP contribution in [0.2, 0.25) is 0 Å². The molecule has 4 rings (SSSR count). The minimum Gasteiger partial charge on any atom is -0.497 e. The summed E-state index contributed by atoms with van der Waals surface area (Å²) in [5.74, 6) is 1.75. The molecule has 0 spiro atoms. The molecule has 8 nitrogen and oxygen atoms in total. The molecule has 2 aromatic heterocycles. The lowest BCUT2D eigenvalue weighted by Crippen LogP contribution is -2.23. The average Bonchev–Trinajstić information content (AvgIpc) is 3.38. The van der Waals surface area contributed by atoms with Crippen LogP contribution in [-0.4, -0.2) is 38.0 Å². The summed E-state index contributed by atoms with van der Waals surface area (Å²) in [6, 6.07) is 17.1. The summed E-state index contributed by atoms with van der Waals surface area (Å²) in [5, 5.41) is 14.5. The monoisotopic (exact) mass is 416 g/mol. The lowest BCUT2D eigenvalue weighted by atomic mass is 10.1. The zero-order valence-corrected chi connectivity index (χ0v) is 17.7. The molecule has 0 radical (unpaired) electrons. The number of hydrogen-bond donors (Lipinski definition) is 2. The molecule has 0 aliphatic heterocycles.